The summed E-state index contributed by atoms with van der Waals surface area (Å²) in [6.45, 7) is -1.62. The Morgan fingerprint density at radius 2 is 1.00 bits per heavy atom. The fourth-order valence-electron chi connectivity index (χ4n) is 0.483. The Labute approximate surface area is 177 Å². The standard InChI is InChI=1S/C5H12O4.2C3H6O2S.Sr/c6-1-5(2-7,3-8)4-9;2*4-3(5)1-2-6;/h6-9H,1-4H2;2*6H,1-2H2,(H,4,5);/q;;;+2/p-2. The maximum absolute atomic E-state index is 9.44. The maximum Gasteiger partial charge on any atom is 2.00 e. The van der Waals surface area contributed by atoms with Crippen LogP contribution in [0.3, 0.4) is 0 Å². The van der Waals surface area contributed by atoms with E-state index in [-0.39, 0.29) is 58.3 Å². The summed E-state index contributed by atoms with van der Waals surface area (Å²) in [5, 5.41) is 52.9. The van der Waals surface area contributed by atoms with Gasteiger partial charge < -0.3 is 40.2 Å². The molecule has 8 nitrogen and oxygen atoms in total. The molecule has 0 aliphatic heterocycles. The molecule has 0 aliphatic carbocycles. The largest absolute Gasteiger partial charge is 2.00 e. The van der Waals surface area contributed by atoms with Crippen molar-refractivity contribution in [2.24, 2.45) is 5.41 Å². The van der Waals surface area contributed by atoms with Gasteiger partial charge in [-0.1, -0.05) is 0 Å². The van der Waals surface area contributed by atoms with Gasteiger partial charge in [-0.05, 0) is 24.3 Å². The van der Waals surface area contributed by atoms with Gasteiger partial charge in [-0.3, -0.25) is 0 Å². The number of carboxylic acid groups (broad SMARTS) is 2. The topological polar surface area (TPSA) is 161 Å². The summed E-state index contributed by atoms with van der Waals surface area (Å²) in [5.41, 5.74) is -1.11. The minimum absolute atomic E-state index is 0. The molecule has 0 amide bonds. The van der Waals surface area contributed by atoms with Crippen molar-refractivity contribution in [2.75, 3.05) is 37.9 Å². The second kappa shape index (κ2) is 22.0. The van der Waals surface area contributed by atoms with E-state index in [9.17, 15) is 19.8 Å². The average molecular weight is 434 g/mol. The number of carboxylic acids is 2. The first-order valence-electron chi connectivity index (χ1n) is 5.84. The molecule has 0 aliphatic rings. The van der Waals surface area contributed by atoms with E-state index in [0.29, 0.717) is 11.5 Å². The van der Waals surface area contributed by atoms with Crippen LogP contribution in [0, 0.1) is 5.41 Å². The molecule has 22 heavy (non-hydrogen) atoms. The molecule has 11 heteroatoms. The summed E-state index contributed by atoms with van der Waals surface area (Å²) in [4.78, 5) is 18.9. The van der Waals surface area contributed by atoms with Crippen LogP contribution in [0.1, 0.15) is 12.8 Å². The Kier molecular flexibility index (Phi) is 30.7. The summed E-state index contributed by atoms with van der Waals surface area (Å²) >= 11 is 7.28. The van der Waals surface area contributed by atoms with Crippen molar-refractivity contribution in [3.63, 3.8) is 0 Å². The molecule has 0 saturated carbocycles. The molecule has 0 bridgehead atoms. The minimum atomic E-state index is -1.11. The molecule has 0 radical (unpaired) electrons. The quantitative estimate of drug-likeness (QED) is 0.165. The summed E-state index contributed by atoms with van der Waals surface area (Å²) in [6, 6.07) is 0. The number of hydrogen-bond donors (Lipinski definition) is 6. The van der Waals surface area contributed by atoms with Gasteiger partial charge in [0.05, 0.1) is 31.8 Å². The first-order valence-corrected chi connectivity index (χ1v) is 7.10. The third-order valence-corrected chi connectivity index (χ3v) is 2.42. The number of aliphatic hydroxyl groups is 4. The molecule has 0 heterocycles. The predicted octanol–water partition coefficient (Wildman–Crippen LogP) is -4.33. The fourth-order valence-corrected chi connectivity index (χ4v) is 0.848. The summed E-state index contributed by atoms with van der Waals surface area (Å²) in [5.74, 6) is -1.35. The number of carbonyl (C=O) groups is 2. The molecule has 0 rings (SSSR count). The van der Waals surface area contributed by atoms with E-state index in [0.717, 1.165) is 0 Å². The molecule has 0 fully saturated rings. The van der Waals surface area contributed by atoms with Gasteiger partial charge in [0.2, 0.25) is 0 Å². The van der Waals surface area contributed by atoms with Crippen molar-refractivity contribution >= 4 is 82.7 Å². The Morgan fingerprint density at radius 1 is 0.773 bits per heavy atom. The van der Waals surface area contributed by atoms with Gasteiger partial charge >= 0.3 is 45.5 Å². The second-order valence-electron chi connectivity index (χ2n) is 3.82. The zero-order valence-electron chi connectivity index (χ0n) is 12.2. The van der Waals surface area contributed by atoms with Crippen molar-refractivity contribution < 1.29 is 40.2 Å². The molecule has 128 valence electrons. The molecule has 0 atom stereocenters. The van der Waals surface area contributed by atoms with Gasteiger partial charge in [0.15, 0.2) is 0 Å². The zero-order valence-corrected chi connectivity index (χ0v) is 17.4. The van der Waals surface area contributed by atoms with Crippen LogP contribution in [0.25, 0.3) is 0 Å². The molecule has 0 saturated heterocycles. The Bertz CT molecular complexity index is 231. The van der Waals surface area contributed by atoms with Crippen molar-refractivity contribution in [2.45, 2.75) is 12.8 Å². The van der Waals surface area contributed by atoms with E-state index in [1.165, 1.54) is 0 Å². The van der Waals surface area contributed by atoms with Gasteiger partial charge in [-0.25, -0.2) is 0 Å². The van der Waals surface area contributed by atoms with E-state index in [1.807, 2.05) is 0 Å². The van der Waals surface area contributed by atoms with Crippen molar-refractivity contribution in [1.29, 1.82) is 0 Å². The van der Waals surface area contributed by atoms with Crippen LogP contribution >= 0.6 is 25.3 Å². The normalized spacial score (nSPS) is 9.36. The van der Waals surface area contributed by atoms with Crippen LogP contribution in [0.4, 0.5) is 0 Å². The van der Waals surface area contributed by atoms with Crippen LogP contribution in [-0.2, 0) is 9.59 Å². The van der Waals surface area contributed by atoms with Gasteiger partial charge in [0.1, 0.15) is 0 Å². The summed E-state index contributed by atoms with van der Waals surface area (Å²) in [6.07, 6.45) is 0.0895. The number of rotatable bonds is 8. The SMILES string of the molecule is O=C([O-])CCS.O=C([O-])CCS.OCC(CO)(CO)CO.[Sr+2]. The smallest absolute Gasteiger partial charge is 0.550 e. The summed E-state index contributed by atoms with van der Waals surface area (Å²) < 4.78 is 0. The number of thiol groups is 2. The first kappa shape index (κ1) is 30.8. The minimum Gasteiger partial charge on any atom is -0.550 e. The Morgan fingerprint density at radius 3 is 1.00 bits per heavy atom. The summed E-state index contributed by atoms with van der Waals surface area (Å²) in [7, 11) is 0. The van der Waals surface area contributed by atoms with Crippen molar-refractivity contribution in [3.8, 4) is 0 Å². The number of hydrogen-bond acceptors (Lipinski definition) is 10. The van der Waals surface area contributed by atoms with Crippen molar-refractivity contribution in [3.05, 3.63) is 0 Å². The average Bonchev–Trinajstić information content (AvgIpc) is 2.43. The Hall–Kier alpha value is 0.961. The van der Waals surface area contributed by atoms with E-state index in [2.05, 4.69) is 25.3 Å². The molecule has 0 aromatic heterocycles. The molecule has 0 spiro atoms. The van der Waals surface area contributed by atoms with Gasteiger partial charge in [0.25, 0.3) is 0 Å². The molecule has 0 unspecified atom stereocenters. The van der Waals surface area contributed by atoms with Crippen LogP contribution in [-0.4, -0.2) is 116 Å². The van der Waals surface area contributed by atoms with Crippen LogP contribution in [0.15, 0.2) is 0 Å². The van der Waals surface area contributed by atoms with Crippen LogP contribution in [0.2, 0.25) is 0 Å². The predicted molar refractivity (Wildman–Crippen MR) is 83.5 cm³/mol. The van der Waals surface area contributed by atoms with E-state index in [1.54, 1.807) is 0 Å². The number of carbonyl (C=O) groups excluding carboxylic acids is 2. The fraction of sp³-hybridized carbons (Fsp3) is 0.818. The first-order chi connectivity index (χ1) is 9.78. The zero-order chi connectivity index (χ0) is 17.3. The molecule has 0 aromatic rings. The van der Waals surface area contributed by atoms with Gasteiger partial charge in [0, 0.05) is 11.9 Å². The van der Waals surface area contributed by atoms with E-state index >= 15 is 0 Å². The number of aliphatic hydroxyl groups excluding tert-OH is 4. The van der Waals surface area contributed by atoms with E-state index < -0.39 is 43.8 Å². The van der Waals surface area contributed by atoms with Gasteiger partial charge in [-0.15, -0.1) is 0 Å². The molecular formula is C11H22O8S2Sr. The van der Waals surface area contributed by atoms with Crippen LogP contribution in [0.5, 0.6) is 0 Å². The van der Waals surface area contributed by atoms with E-state index in [4.69, 9.17) is 20.4 Å². The third kappa shape index (κ3) is 23.2. The Balaban J connectivity index is -0.000000112. The monoisotopic (exact) mass is 434 g/mol. The van der Waals surface area contributed by atoms with Crippen LogP contribution < -0.4 is 10.2 Å². The second-order valence-corrected chi connectivity index (χ2v) is 4.72. The molecule has 0 aromatic carbocycles. The molecular weight excluding hydrogens is 412 g/mol. The maximum atomic E-state index is 9.44. The third-order valence-electron chi connectivity index (χ3n) is 1.97. The van der Waals surface area contributed by atoms with Gasteiger partial charge in [-0.2, -0.15) is 25.3 Å². The molecule has 4 N–H and O–H groups in total. The number of aliphatic carboxylic acids is 2. The van der Waals surface area contributed by atoms with Crippen molar-refractivity contribution in [1.82, 2.24) is 0 Å².